The molecule has 1 aromatic carbocycles. The Balaban J connectivity index is 2.92. The van der Waals surface area contributed by atoms with Crippen molar-refractivity contribution in [2.75, 3.05) is 0 Å². The summed E-state index contributed by atoms with van der Waals surface area (Å²) in [5, 5.41) is 10.6. The molecule has 4 heteroatoms. The van der Waals surface area contributed by atoms with E-state index in [-0.39, 0.29) is 11.3 Å². The molecule has 0 aliphatic rings. The van der Waals surface area contributed by atoms with Crippen molar-refractivity contribution in [2.45, 2.75) is 20.4 Å². The lowest BCUT2D eigenvalue weighted by molar-refractivity contribution is -0.112. The number of rotatable bonds is 3. The number of hydrogen-bond acceptors (Lipinski definition) is 2. The minimum absolute atomic E-state index is 0.139. The molecule has 0 bridgehead atoms. The van der Waals surface area contributed by atoms with E-state index in [4.69, 9.17) is 5.73 Å². The highest BCUT2D eigenvalue weighted by molar-refractivity contribution is 6.22. The topological polar surface area (TPSA) is 68.2 Å². The van der Waals surface area contributed by atoms with Gasteiger partial charge in [0.15, 0.2) is 0 Å². The van der Waals surface area contributed by atoms with E-state index >= 15 is 0 Å². The average Bonchev–Trinajstić information content (AvgIpc) is 2.61. The highest BCUT2D eigenvalue weighted by Gasteiger charge is 2.20. The third-order valence-corrected chi connectivity index (χ3v) is 3.24. The maximum atomic E-state index is 11.3. The predicted molar refractivity (Wildman–Crippen MR) is 72.2 cm³/mol. The van der Waals surface area contributed by atoms with Crippen LogP contribution in [0.4, 0.5) is 0 Å². The molecule has 4 nitrogen and oxygen atoms in total. The van der Waals surface area contributed by atoms with Gasteiger partial charge in [0.25, 0.3) is 0 Å². The van der Waals surface area contributed by atoms with Crippen LogP contribution >= 0.6 is 0 Å². The highest BCUT2D eigenvalue weighted by atomic mass is 16.3. The fourth-order valence-corrected chi connectivity index (χ4v) is 2.41. The summed E-state index contributed by atoms with van der Waals surface area (Å²) < 4.78 is 2.03. The molecule has 1 heterocycles. The van der Waals surface area contributed by atoms with Crippen molar-refractivity contribution in [3.63, 3.8) is 0 Å². The van der Waals surface area contributed by atoms with Crippen LogP contribution in [0.3, 0.4) is 0 Å². The summed E-state index contributed by atoms with van der Waals surface area (Å²) in [4.78, 5) is 11.3. The molecule has 0 unspecified atom stereocenters. The molecule has 3 N–H and O–H groups in total. The third kappa shape index (κ3) is 1.57. The normalized spacial score (nSPS) is 10.8. The molecule has 0 atom stereocenters. The number of benzene rings is 1. The first-order valence-electron chi connectivity index (χ1n) is 5.78. The van der Waals surface area contributed by atoms with Crippen LogP contribution < -0.4 is 5.73 Å². The molecule has 0 spiro atoms. The number of aryl methyl sites for hydroxylation is 1. The van der Waals surface area contributed by atoms with Crippen LogP contribution in [0.2, 0.25) is 0 Å². The monoisotopic (exact) mass is 244 g/mol. The number of amides is 1. The van der Waals surface area contributed by atoms with E-state index in [9.17, 15) is 9.90 Å². The van der Waals surface area contributed by atoms with E-state index in [0.717, 1.165) is 17.8 Å². The Labute approximate surface area is 105 Å². The molecule has 2 rings (SSSR count). The number of nitrogens with zero attached hydrogens (tertiary/aromatic N) is 1. The lowest BCUT2D eigenvalue weighted by Gasteiger charge is -2.05. The first-order chi connectivity index (χ1) is 8.49. The number of carbonyl (C=O) groups excluding carboxylic acids is 1. The number of hydrogen-bond donors (Lipinski definition) is 2. The Morgan fingerprint density at radius 3 is 2.72 bits per heavy atom. The van der Waals surface area contributed by atoms with E-state index in [1.165, 1.54) is 0 Å². The largest absolute Gasteiger partial charge is 0.507 e. The predicted octanol–water partition coefficient (Wildman–Crippen LogP) is 2.17. The number of primary amides is 1. The zero-order chi connectivity index (χ0) is 13.4. The van der Waals surface area contributed by atoms with Gasteiger partial charge in [0.2, 0.25) is 5.91 Å². The van der Waals surface area contributed by atoms with Crippen molar-refractivity contribution >= 4 is 22.4 Å². The van der Waals surface area contributed by atoms with E-state index < -0.39 is 5.91 Å². The van der Waals surface area contributed by atoms with Crippen molar-refractivity contribution < 1.29 is 9.90 Å². The van der Waals surface area contributed by atoms with Crippen LogP contribution in [0.15, 0.2) is 24.8 Å². The fraction of sp³-hybridized carbons (Fsp3) is 0.214. The number of aromatic hydroxyl groups is 1. The number of aromatic nitrogens is 1. The second kappa shape index (κ2) is 4.22. The Morgan fingerprint density at radius 1 is 1.50 bits per heavy atom. The molecule has 0 radical (unpaired) electrons. The number of phenols is 1. The molecule has 0 saturated heterocycles. The Morgan fingerprint density at radius 2 is 2.17 bits per heavy atom. The van der Waals surface area contributed by atoms with E-state index in [1.54, 1.807) is 12.1 Å². The molecule has 1 amide bonds. The van der Waals surface area contributed by atoms with Crippen molar-refractivity contribution in [3.8, 4) is 5.75 Å². The summed E-state index contributed by atoms with van der Waals surface area (Å²) in [5.41, 5.74) is 7.93. The summed E-state index contributed by atoms with van der Waals surface area (Å²) in [7, 11) is 0. The van der Waals surface area contributed by atoms with Crippen molar-refractivity contribution in [3.05, 3.63) is 36.0 Å². The Kier molecular flexibility index (Phi) is 2.87. The molecular formula is C14H16N2O2. The molecule has 0 aliphatic carbocycles. The minimum atomic E-state index is -0.573. The van der Waals surface area contributed by atoms with Crippen LogP contribution in [0.1, 0.15) is 18.2 Å². The molecular weight excluding hydrogens is 228 g/mol. The minimum Gasteiger partial charge on any atom is -0.507 e. The second-order valence-electron chi connectivity index (χ2n) is 4.22. The third-order valence-electron chi connectivity index (χ3n) is 3.24. The summed E-state index contributed by atoms with van der Waals surface area (Å²) in [6, 6.07) is 5.28. The number of phenolic OH excluding ortho intramolecular Hbond substituents is 1. The fourth-order valence-electron chi connectivity index (χ4n) is 2.41. The van der Waals surface area contributed by atoms with Gasteiger partial charge in [0.1, 0.15) is 5.75 Å². The van der Waals surface area contributed by atoms with Crippen LogP contribution in [0.25, 0.3) is 16.5 Å². The SMILES string of the molecule is C=C(C(N)=O)c1c(C)n(CC)c2cccc(O)c12. The van der Waals surface area contributed by atoms with E-state index in [1.807, 2.05) is 24.5 Å². The molecule has 0 saturated carbocycles. The van der Waals surface area contributed by atoms with E-state index in [2.05, 4.69) is 6.58 Å². The second-order valence-corrected chi connectivity index (χ2v) is 4.22. The van der Waals surface area contributed by atoms with Gasteiger partial charge in [-0.3, -0.25) is 4.79 Å². The molecule has 1 aromatic heterocycles. The van der Waals surface area contributed by atoms with Gasteiger partial charge >= 0.3 is 0 Å². The standard InChI is InChI=1S/C14H16N2O2/c1-4-16-9(3)12(8(2)14(15)18)13-10(16)6-5-7-11(13)17/h5-7,17H,2,4H2,1,3H3,(H2,15,18). The van der Waals surface area contributed by atoms with Gasteiger partial charge in [0.05, 0.1) is 5.52 Å². The van der Waals surface area contributed by atoms with Crippen LogP contribution in [-0.2, 0) is 11.3 Å². The van der Waals surface area contributed by atoms with Gasteiger partial charge < -0.3 is 15.4 Å². The van der Waals surface area contributed by atoms with Gasteiger partial charge in [-0.1, -0.05) is 12.6 Å². The van der Waals surface area contributed by atoms with Gasteiger partial charge in [-0.25, -0.2) is 0 Å². The van der Waals surface area contributed by atoms with Crippen LogP contribution in [0.5, 0.6) is 5.75 Å². The Bertz CT molecular complexity index is 653. The maximum Gasteiger partial charge on any atom is 0.248 e. The quantitative estimate of drug-likeness (QED) is 0.812. The first-order valence-corrected chi connectivity index (χ1v) is 5.78. The smallest absolute Gasteiger partial charge is 0.248 e. The van der Waals surface area contributed by atoms with E-state index in [0.29, 0.717) is 10.9 Å². The molecule has 94 valence electrons. The number of nitrogens with two attached hydrogens (primary N) is 1. The summed E-state index contributed by atoms with van der Waals surface area (Å²) in [5.74, 6) is -0.434. The zero-order valence-corrected chi connectivity index (χ0v) is 10.5. The maximum absolute atomic E-state index is 11.3. The van der Waals surface area contributed by atoms with Crippen LogP contribution in [-0.4, -0.2) is 15.6 Å². The molecule has 2 aromatic rings. The van der Waals surface area contributed by atoms with Crippen LogP contribution in [0, 0.1) is 6.92 Å². The first kappa shape index (κ1) is 12.2. The average molecular weight is 244 g/mol. The number of carbonyl (C=O) groups is 1. The molecule has 0 aliphatic heterocycles. The molecule has 18 heavy (non-hydrogen) atoms. The lowest BCUT2D eigenvalue weighted by atomic mass is 10.0. The number of fused-ring (bicyclic) bond motifs is 1. The summed E-state index contributed by atoms with van der Waals surface area (Å²) in [6.07, 6.45) is 0. The van der Waals surface area contributed by atoms with Gasteiger partial charge in [-0.15, -0.1) is 0 Å². The molecule has 0 fully saturated rings. The van der Waals surface area contributed by atoms with Crippen molar-refractivity contribution in [1.82, 2.24) is 4.57 Å². The summed E-state index contributed by atoms with van der Waals surface area (Å²) in [6.45, 7) is 8.38. The highest BCUT2D eigenvalue weighted by Crippen LogP contribution is 2.36. The van der Waals surface area contributed by atoms with Gasteiger partial charge in [0, 0.05) is 28.8 Å². The zero-order valence-electron chi connectivity index (χ0n) is 10.5. The van der Waals surface area contributed by atoms with Crippen molar-refractivity contribution in [1.29, 1.82) is 0 Å². The summed E-state index contributed by atoms with van der Waals surface area (Å²) >= 11 is 0. The van der Waals surface area contributed by atoms with Crippen molar-refractivity contribution in [2.24, 2.45) is 5.73 Å². The lowest BCUT2D eigenvalue weighted by Crippen LogP contribution is -2.12. The Hall–Kier alpha value is -2.23. The van der Waals surface area contributed by atoms with Gasteiger partial charge in [-0.05, 0) is 26.0 Å². The van der Waals surface area contributed by atoms with Gasteiger partial charge in [-0.2, -0.15) is 0 Å².